The van der Waals surface area contributed by atoms with Crippen molar-refractivity contribution < 1.29 is 27.1 Å². The van der Waals surface area contributed by atoms with Crippen LogP contribution in [0.4, 0.5) is 17.6 Å². The molecule has 0 N–H and O–H groups in total. The van der Waals surface area contributed by atoms with Gasteiger partial charge in [0.25, 0.3) is 0 Å². The number of alkyl halides is 2. The van der Waals surface area contributed by atoms with E-state index in [0.29, 0.717) is 6.07 Å². The van der Waals surface area contributed by atoms with Gasteiger partial charge in [0, 0.05) is 0 Å². The van der Waals surface area contributed by atoms with Gasteiger partial charge in [-0.15, -0.1) is 0 Å². The standard InChI is InChI=1S/C8H2F4O2/c9-4-2-1-3-5(6(4)10)8(11,12)14-7(3)13/h1-2H. The van der Waals surface area contributed by atoms with Crippen molar-refractivity contribution in [2.75, 3.05) is 0 Å². The number of ether oxygens (including phenoxy) is 1. The summed E-state index contributed by atoms with van der Waals surface area (Å²) in [6, 6.07) is 1.35. The average molecular weight is 206 g/mol. The molecule has 0 bridgehead atoms. The van der Waals surface area contributed by atoms with E-state index in [9.17, 15) is 22.4 Å². The summed E-state index contributed by atoms with van der Waals surface area (Å²) in [6.07, 6.45) is -4.08. The fourth-order valence-corrected chi connectivity index (χ4v) is 1.23. The van der Waals surface area contributed by atoms with Gasteiger partial charge in [-0.25, -0.2) is 13.6 Å². The molecule has 0 fully saturated rings. The van der Waals surface area contributed by atoms with Crippen molar-refractivity contribution in [3.63, 3.8) is 0 Å². The van der Waals surface area contributed by atoms with Crippen molar-refractivity contribution in [3.05, 3.63) is 34.9 Å². The molecular weight excluding hydrogens is 204 g/mol. The van der Waals surface area contributed by atoms with Gasteiger partial charge in [0.05, 0.1) is 5.56 Å². The van der Waals surface area contributed by atoms with Gasteiger partial charge in [0.15, 0.2) is 11.6 Å². The first-order valence-corrected chi connectivity index (χ1v) is 3.53. The number of cyclic esters (lactones) is 1. The van der Waals surface area contributed by atoms with Crippen LogP contribution in [0.3, 0.4) is 0 Å². The molecule has 2 nitrogen and oxygen atoms in total. The summed E-state index contributed by atoms with van der Waals surface area (Å²) in [5.41, 5.74) is -1.98. The van der Waals surface area contributed by atoms with Crippen LogP contribution in [-0.2, 0) is 10.8 Å². The molecule has 0 unspecified atom stereocenters. The second-order valence-electron chi connectivity index (χ2n) is 2.69. The Morgan fingerprint density at radius 3 is 2.50 bits per heavy atom. The summed E-state index contributed by atoms with van der Waals surface area (Å²) in [6.45, 7) is 0. The van der Waals surface area contributed by atoms with Gasteiger partial charge in [-0.1, -0.05) is 0 Å². The molecule has 0 atom stereocenters. The van der Waals surface area contributed by atoms with Crippen LogP contribution in [0.15, 0.2) is 12.1 Å². The number of carbonyl (C=O) groups excluding carboxylic acids is 1. The van der Waals surface area contributed by atoms with E-state index in [1.807, 2.05) is 0 Å². The fraction of sp³-hybridized carbons (Fsp3) is 0.125. The van der Waals surface area contributed by atoms with Gasteiger partial charge < -0.3 is 4.74 Å². The molecule has 0 amide bonds. The Morgan fingerprint density at radius 1 is 1.21 bits per heavy atom. The topological polar surface area (TPSA) is 26.3 Å². The van der Waals surface area contributed by atoms with Gasteiger partial charge in [0.2, 0.25) is 0 Å². The summed E-state index contributed by atoms with van der Waals surface area (Å²) < 4.78 is 54.6. The van der Waals surface area contributed by atoms with Crippen LogP contribution < -0.4 is 0 Å². The Kier molecular flexibility index (Phi) is 1.58. The molecule has 0 aliphatic carbocycles. The zero-order chi connectivity index (χ0) is 10.5. The molecule has 14 heavy (non-hydrogen) atoms. The lowest BCUT2D eigenvalue weighted by Crippen LogP contribution is -2.14. The number of hydrogen-bond donors (Lipinski definition) is 0. The summed E-state index contributed by atoms with van der Waals surface area (Å²) in [4.78, 5) is 10.8. The molecular formula is C8H2F4O2. The predicted molar refractivity (Wildman–Crippen MR) is 35.7 cm³/mol. The summed E-state index contributed by atoms with van der Waals surface area (Å²) in [5.74, 6) is -4.55. The first-order valence-electron chi connectivity index (χ1n) is 3.53. The molecule has 6 heteroatoms. The maximum Gasteiger partial charge on any atom is 0.432 e. The minimum Gasteiger partial charge on any atom is -0.393 e. The van der Waals surface area contributed by atoms with Crippen molar-refractivity contribution in [1.29, 1.82) is 0 Å². The zero-order valence-corrected chi connectivity index (χ0v) is 6.48. The summed E-state index contributed by atoms with van der Waals surface area (Å²) in [7, 11) is 0. The molecule has 0 radical (unpaired) electrons. The quantitative estimate of drug-likeness (QED) is 0.480. The van der Waals surface area contributed by atoms with Gasteiger partial charge >= 0.3 is 12.1 Å². The lowest BCUT2D eigenvalue weighted by Gasteiger charge is -2.08. The minimum atomic E-state index is -4.08. The molecule has 1 aromatic carbocycles. The number of rotatable bonds is 0. The van der Waals surface area contributed by atoms with Crippen molar-refractivity contribution in [3.8, 4) is 0 Å². The Labute approximate surface area is 75.1 Å². The van der Waals surface area contributed by atoms with E-state index in [0.717, 1.165) is 6.07 Å². The van der Waals surface area contributed by atoms with Crippen molar-refractivity contribution in [2.45, 2.75) is 6.11 Å². The maximum absolute atomic E-state index is 12.9. The van der Waals surface area contributed by atoms with Crippen LogP contribution in [0.25, 0.3) is 0 Å². The molecule has 1 aromatic rings. The number of carbonyl (C=O) groups is 1. The van der Waals surface area contributed by atoms with Crippen LogP contribution in [0.1, 0.15) is 15.9 Å². The number of hydrogen-bond acceptors (Lipinski definition) is 2. The Hall–Kier alpha value is -1.59. The highest BCUT2D eigenvalue weighted by Crippen LogP contribution is 2.41. The third-order valence-corrected chi connectivity index (χ3v) is 1.83. The average Bonchev–Trinajstić information content (AvgIpc) is 2.29. The normalized spacial score (nSPS) is 17.9. The minimum absolute atomic E-state index is 0.594. The van der Waals surface area contributed by atoms with Crippen LogP contribution in [0.5, 0.6) is 0 Å². The SMILES string of the molecule is O=C1OC(F)(F)c2c1ccc(F)c2F. The Morgan fingerprint density at radius 2 is 1.86 bits per heavy atom. The molecule has 2 rings (SSSR count). The second-order valence-corrected chi connectivity index (χ2v) is 2.69. The Bertz CT molecular complexity index is 428. The highest BCUT2D eigenvalue weighted by Gasteiger charge is 2.50. The van der Waals surface area contributed by atoms with E-state index in [4.69, 9.17) is 0 Å². The molecule has 1 aliphatic heterocycles. The first-order chi connectivity index (χ1) is 6.43. The summed E-state index contributed by atoms with van der Waals surface area (Å²) >= 11 is 0. The van der Waals surface area contributed by atoms with E-state index in [1.165, 1.54) is 0 Å². The number of halogens is 4. The number of esters is 1. The van der Waals surface area contributed by atoms with Crippen molar-refractivity contribution >= 4 is 5.97 Å². The van der Waals surface area contributed by atoms with E-state index >= 15 is 0 Å². The van der Waals surface area contributed by atoms with Gasteiger partial charge in [0.1, 0.15) is 5.56 Å². The molecule has 1 heterocycles. The highest BCUT2D eigenvalue weighted by atomic mass is 19.3. The fourth-order valence-electron chi connectivity index (χ4n) is 1.23. The van der Waals surface area contributed by atoms with E-state index < -0.39 is 34.8 Å². The zero-order valence-electron chi connectivity index (χ0n) is 6.48. The molecule has 74 valence electrons. The lowest BCUT2D eigenvalue weighted by atomic mass is 10.1. The van der Waals surface area contributed by atoms with Gasteiger partial charge in [-0.3, -0.25) is 0 Å². The van der Waals surface area contributed by atoms with Crippen molar-refractivity contribution in [1.82, 2.24) is 0 Å². The van der Waals surface area contributed by atoms with Crippen LogP contribution >= 0.6 is 0 Å². The monoisotopic (exact) mass is 206 g/mol. The molecule has 0 saturated carbocycles. The van der Waals surface area contributed by atoms with Crippen LogP contribution in [0, 0.1) is 11.6 Å². The molecule has 0 saturated heterocycles. The Balaban J connectivity index is 2.77. The highest BCUT2D eigenvalue weighted by molar-refractivity contribution is 5.94. The third-order valence-electron chi connectivity index (χ3n) is 1.83. The number of fused-ring (bicyclic) bond motifs is 1. The second kappa shape index (κ2) is 2.46. The predicted octanol–water partition coefficient (Wildman–Crippen LogP) is 2.18. The van der Waals surface area contributed by atoms with E-state index in [2.05, 4.69) is 4.74 Å². The first kappa shape index (κ1) is 8.98. The summed E-state index contributed by atoms with van der Waals surface area (Å²) in [5, 5.41) is 0. The van der Waals surface area contributed by atoms with Gasteiger partial charge in [-0.05, 0) is 12.1 Å². The maximum atomic E-state index is 12.9. The lowest BCUT2D eigenvalue weighted by molar-refractivity contribution is -0.201. The smallest absolute Gasteiger partial charge is 0.393 e. The van der Waals surface area contributed by atoms with Crippen LogP contribution in [-0.4, -0.2) is 5.97 Å². The molecule has 1 aliphatic rings. The largest absolute Gasteiger partial charge is 0.432 e. The van der Waals surface area contributed by atoms with Crippen molar-refractivity contribution in [2.24, 2.45) is 0 Å². The molecule has 0 spiro atoms. The van der Waals surface area contributed by atoms with E-state index in [1.54, 1.807) is 0 Å². The number of benzene rings is 1. The molecule has 0 aromatic heterocycles. The van der Waals surface area contributed by atoms with Crippen LogP contribution in [0.2, 0.25) is 0 Å². The van der Waals surface area contributed by atoms with E-state index in [-0.39, 0.29) is 0 Å². The third kappa shape index (κ3) is 0.997. The van der Waals surface area contributed by atoms with Gasteiger partial charge in [-0.2, -0.15) is 8.78 Å².